The van der Waals surface area contributed by atoms with Gasteiger partial charge in [0.1, 0.15) is 0 Å². The third-order valence-corrected chi connectivity index (χ3v) is 2.31. The molecule has 0 saturated heterocycles. The van der Waals surface area contributed by atoms with E-state index in [0.717, 1.165) is 0 Å². The van der Waals surface area contributed by atoms with Crippen LogP contribution in [0.5, 0.6) is 0 Å². The van der Waals surface area contributed by atoms with Crippen LogP contribution in [0.3, 0.4) is 0 Å². The largest absolute Gasteiger partial charge is 0.327 e. The van der Waals surface area contributed by atoms with Crippen LogP contribution in [0.25, 0.3) is 0 Å². The molecule has 9 heavy (non-hydrogen) atoms. The summed E-state index contributed by atoms with van der Waals surface area (Å²) in [5.41, 5.74) is 0. The van der Waals surface area contributed by atoms with Crippen molar-refractivity contribution in [2.24, 2.45) is 0 Å². The van der Waals surface area contributed by atoms with E-state index in [0.29, 0.717) is 0 Å². The van der Waals surface area contributed by atoms with Crippen molar-refractivity contribution in [1.82, 2.24) is 0 Å². The fraction of sp³-hybridized carbons (Fsp3) is 1.00. The molecule has 0 rings (SSSR count). The van der Waals surface area contributed by atoms with Gasteiger partial charge in [0, 0.05) is 12.0 Å². The number of halogens is 1. The van der Waals surface area contributed by atoms with Gasteiger partial charge >= 0.3 is 7.60 Å². The summed E-state index contributed by atoms with van der Waals surface area (Å²) in [6, 6.07) is 0. The molecule has 5 heteroatoms. The van der Waals surface area contributed by atoms with Crippen LogP contribution in [0.2, 0.25) is 0 Å². The minimum absolute atomic E-state index is 0.142. The summed E-state index contributed by atoms with van der Waals surface area (Å²) >= 11 is 5.21. The molecule has 0 heterocycles. The predicted octanol–water partition coefficient (Wildman–Crippen LogP) is 1.45. The molecule has 0 radical (unpaired) electrons. The molecule has 0 bridgehead atoms. The first kappa shape index (κ1) is 9.44. The molecule has 0 saturated carbocycles. The van der Waals surface area contributed by atoms with Crippen molar-refractivity contribution in [3.05, 3.63) is 0 Å². The number of hydrogen-bond acceptors (Lipinski definition) is 2. The molecule has 0 spiro atoms. The maximum absolute atomic E-state index is 10.6. The zero-order valence-electron chi connectivity index (χ0n) is 5.21. The van der Waals surface area contributed by atoms with E-state index in [4.69, 9.17) is 16.5 Å². The van der Waals surface area contributed by atoms with Crippen LogP contribution in [-0.2, 0) is 9.09 Å². The molecule has 0 aliphatic heterocycles. The monoisotopic (exact) mass is 172 g/mol. The van der Waals surface area contributed by atoms with Crippen LogP contribution in [0.1, 0.15) is 6.92 Å². The van der Waals surface area contributed by atoms with Crippen LogP contribution < -0.4 is 0 Å². The van der Waals surface area contributed by atoms with Gasteiger partial charge in [0.25, 0.3) is 0 Å². The minimum atomic E-state index is -3.27. The van der Waals surface area contributed by atoms with Gasteiger partial charge in [-0.3, -0.25) is 4.57 Å². The Morgan fingerprint density at radius 2 is 2.33 bits per heavy atom. The lowest BCUT2D eigenvalue weighted by Gasteiger charge is -2.06. The Morgan fingerprint density at radius 3 is 2.67 bits per heavy atom. The molecule has 0 aromatic carbocycles. The van der Waals surface area contributed by atoms with Crippen molar-refractivity contribution in [2.75, 3.05) is 18.6 Å². The highest BCUT2D eigenvalue weighted by atomic mass is 35.5. The summed E-state index contributed by atoms with van der Waals surface area (Å²) < 4.78 is 15.1. The lowest BCUT2D eigenvalue weighted by Crippen LogP contribution is -1.94. The van der Waals surface area contributed by atoms with Crippen LogP contribution in [0.15, 0.2) is 0 Å². The van der Waals surface area contributed by atoms with Gasteiger partial charge in [0.05, 0.1) is 6.61 Å². The average Bonchev–Trinajstić information content (AvgIpc) is 1.84. The zero-order valence-corrected chi connectivity index (χ0v) is 6.86. The van der Waals surface area contributed by atoms with Crippen LogP contribution in [0, 0.1) is 0 Å². The molecule has 1 N–H and O–H groups in total. The number of alkyl halides is 1. The second-order valence-electron chi connectivity index (χ2n) is 1.48. The second-order valence-corrected chi connectivity index (χ2v) is 4.02. The number of hydrogen-bond donors (Lipinski definition) is 1. The minimum Gasteiger partial charge on any atom is -0.324 e. The second kappa shape index (κ2) is 4.29. The highest BCUT2D eigenvalue weighted by Crippen LogP contribution is 2.40. The highest BCUT2D eigenvalue weighted by molar-refractivity contribution is 7.52. The summed E-state index contributed by atoms with van der Waals surface area (Å²) in [7, 11) is -3.27. The summed E-state index contributed by atoms with van der Waals surface area (Å²) in [5, 5.41) is 0. The maximum atomic E-state index is 10.6. The van der Waals surface area contributed by atoms with Gasteiger partial charge in [0.2, 0.25) is 0 Å². The SMILES string of the molecule is CCP(=O)(O)OCCCl. The van der Waals surface area contributed by atoms with Gasteiger partial charge in [-0.15, -0.1) is 11.6 Å². The van der Waals surface area contributed by atoms with E-state index in [2.05, 4.69) is 4.52 Å². The topological polar surface area (TPSA) is 46.5 Å². The Hall–Kier alpha value is 0.440. The van der Waals surface area contributed by atoms with Crippen molar-refractivity contribution >= 4 is 19.2 Å². The Bertz CT molecular complexity index is 116. The van der Waals surface area contributed by atoms with E-state index in [1.165, 1.54) is 0 Å². The van der Waals surface area contributed by atoms with Gasteiger partial charge < -0.3 is 9.42 Å². The van der Waals surface area contributed by atoms with E-state index in [1.54, 1.807) is 6.92 Å². The number of rotatable bonds is 4. The molecule has 1 atom stereocenters. The van der Waals surface area contributed by atoms with Crippen molar-refractivity contribution < 1.29 is 14.0 Å². The molecule has 0 fully saturated rings. The van der Waals surface area contributed by atoms with E-state index in [9.17, 15) is 4.57 Å². The standard InChI is InChI=1S/C4H10ClO3P/c1-2-9(6,7)8-4-3-5/h2-4H2,1H3,(H,6,7). The van der Waals surface area contributed by atoms with Crippen molar-refractivity contribution in [3.63, 3.8) is 0 Å². The molecule has 0 amide bonds. The normalized spacial score (nSPS) is 17.2. The lowest BCUT2D eigenvalue weighted by atomic mass is 10.9. The molecule has 3 nitrogen and oxygen atoms in total. The third kappa shape index (κ3) is 4.91. The summed E-state index contributed by atoms with van der Waals surface area (Å²) in [6.45, 7) is 1.73. The van der Waals surface area contributed by atoms with E-state index in [-0.39, 0.29) is 18.6 Å². The highest BCUT2D eigenvalue weighted by Gasteiger charge is 2.13. The van der Waals surface area contributed by atoms with Crippen molar-refractivity contribution in [2.45, 2.75) is 6.92 Å². The molecule has 0 aliphatic carbocycles. The van der Waals surface area contributed by atoms with Crippen LogP contribution in [-0.4, -0.2) is 23.5 Å². The van der Waals surface area contributed by atoms with Gasteiger partial charge in [0.15, 0.2) is 0 Å². The van der Waals surface area contributed by atoms with Crippen molar-refractivity contribution in [1.29, 1.82) is 0 Å². The third-order valence-electron chi connectivity index (χ3n) is 0.770. The first-order valence-electron chi connectivity index (χ1n) is 2.64. The molecule has 1 unspecified atom stereocenters. The van der Waals surface area contributed by atoms with Gasteiger partial charge in [-0.1, -0.05) is 6.92 Å². The smallest absolute Gasteiger partial charge is 0.324 e. The van der Waals surface area contributed by atoms with Crippen LogP contribution >= 0.6 is 19.2 Å². The average molecular weight is 173 g/mol. The van der Waals surface area contributed by atoms with Crippen molar-refractivity contribution in [3.8, 4) is 0 Å². The van der Waals surface area contributed by atoms with E-state index in [1.807, 2.05) is 0 Å². The Balaban J connectivity index is 3.46. The Labute approximate surface area is 59.5 Å². The summed E-state index contributed by atoms with van der Waals surface area (Å²) in [6.07, 6.45) is 0.143. The molecule has 0 aromatic rings. The van der Waals surface area contributed by atoms with Crippen LogP contribution in [0.4, 0.5) is 0 Å². The molecule has 0 aromatic heterocycles. The lowest BCUT2D eigenvalue weighted by molar-refractivity contribution is 0.276. The quantitative estimate of drug-likeness (QED) is 0.516. The molecule has 0 aliphatic rings. The fourth-order valence-electron chi connectivity index (χ4n) is 0.268. The van der Waals surface area contributed by atoms with Gasteiger partial charge in [-0.2, -0.15) is 0 Å². The zero-order chi connectivity index (χ0) is 7.33. The van der Waals surface area contributed by atoms with E-state index >= 15 is 0 Å². The fourth-order valence-corrected chi connectivity index (χ4v) is 1.01. The molecular formula is C4H10ClO3P. The molecular weight excluding hydrogens is 162 g/mol. The maximum Gasteiger partial charge on any atom is 0.327 e. The summed E-state index contributed by atoms with van der Waals surface area (Å²) in [5.74, 6) is 0.255. The summed E-state index contributed by atoms with van der Waals surface area (Å²) in [4.78, 5) is 8.73. The van der Waals surface area contributed by atoms with Gasteiger partial charge in [-0.25, -0.2) is 0 Å². The first-order chi connectivity index (χ1) is 4.12. The molecule has 56 valence electrons. The first-order valence-corrected chi connectivity index (χ1v) is 4.94. The Morgan fingerprint density at radius 1 is 1.78 bits per heavy atom. The Kier molecular flexibility index (Phi) is 4.50. The predicted molar refractivity (Wildman–Crippen MR) is 37.0 cm³/mol. The van der Waals surface area contributed by atoms with E-state index < -0.39 is 7.60 Å². The van der Waals surface area contributed by atoms with Gasteiger partial charge in [-0.05, 0) is 0 Å².